The molecule has 1 saturated carbocycles. The number of nitrogens with zero attached hydrogens (tertiary/aromatic N) is 2. The molecule has 0 saturated heterocycles. The van der Waals surface area contributed by atoms with Gasteiger partial charge in [-0.25, -0.2) is 14.0 Å². The summed E-state index contributed by atoms with van der Waals surface area (Å²) in [5, 5.41) is 12.1. The van der Waals surface area contributed by atoms with E-state index in [4.69, 9.17) is 5.11 Å². The Labute approximate surface area is 168 Å². The molecule has 1 fully saturated rings. The number of amides is 3. The van der Waals surface area contributed by atoms with E-state index in [0.29, 0.717) is 19.4 Å². The molecule has 1 atom stereocenters. The van der Waals surface area contributed by atoms with E-state index < -0.39 is 6.09 Å². The van der Waals surface area contributed by atoms with Gasteiger partial charge in [0.2, 0.25) is 0 Å². The molecule has 0 spiro atoms. The number of halogens is 1. The largest absolute Gasteiger partial charge is 0.465 e. The molecular weight excluding hydrogens is 373 g/mol. The summed E-state index contributed by atoms with van der Waals surface area (Å²) < 4.78 is 13.5. The van der Waals surface area contributed by atoms with E-state index >= 15 is 0 Å². The maximum absolute atomic E-state index is 13.5. The molecule has 1 heterocycles. The SMILES string of the molecule is CN(C(=O)O)[C@H]1C[C@H](NC(=O)N2CCc3ccccc3[C@@H]2c2ccc(F)cc2)C1. The van der Waals surface area contributed by atoms with Crippen molar-refractivity contribution >= 4 is 12.1 Å². The van der Waals surface area contributed by atoms with Crippen LogP contribution in [0.4, 0.5) is 14.0 Å². The van der Waals surface area contributed by atoms with Gasteiger partial charge < -0.3 is 20.2 Å². The maximum atomic E-state index is 13.5. The van der Waals surface area contributed by atoms with Gasteiger partial charge in [0.25, 0.3) is 0 Å². The lowest BCUT2D eigenvalue weighted by atomic mass is 9.85. The number of carbonyl (C=O) groups is 2. The van der Waals surface area contributed by atoms with Gasteiger partial charge in [-0.15, -0.1) is 0 Å². The van der Waals surface area contributed by atoms with Gasteiger partial charge in [0.05, 0.1) is 6.04 Å². The Hall–Kier alpha value is -3.09. The third-order valence-corrected chi connectivity index (χ3v) is 6.02. The fourth-order valence-corrected chi connectivity index (χ4v) is 4.23. The van der Waals surface area contributed by atoms with Crippen LogP contribution in [0.1, 0.15) is 35.6 Å². The Balaban J connectivity index is 1.52. The second-order valence-electron chi connectivity index (χ2n) is 7.76. The van der Waals surface area contributed by atoms with Crippen molar-refractivity contribution in [3.8, 4) is 0 Å². The highest BCUT2D eigenvalue weighted by atomic mass is 19.1. The van der Waals surface area contributed by atoms with E-state index in [1.807, 2.05) is 18.2 Å². The van der Waals surface area contributed by atoms with Crippen molar-refractivity contribution in [3.63, 3.8) is 0 Å². The molecule has 152 valence electrons. The highest BCUT2D eigenvalue weighted by molar-refractivity contribution is 5.76. The summed E-state index contributed by atoms with van der Waals surface area (Å²) in [5.41, 5.74) is 3.11. The molecule has 2 aromatic carbocycles. The number of carboxylic acid groups (broad SMARTS) is 1. The lowest BCUT2D eigenvalue weighted by Gasteiger charge is -2.43. The molecular formula is C22H24FN3O3. The molecule has 0 bridgehead atoms. The molecule has 0 radical (unpaired) electrons. The van der Waals surface area contributed by atoms with Crippen LogP contribution in [0, 0.1) is 5.82 Å². The van der Waals surface area contributed by atoms with Gasteiger partial charge in [-0.3, -0.25) is 0 Å². The van der Waals surface area contributed by atoms with E-state index in [-0.39, 0.29) is 30.0 Å². The standard InChI is InChI=1S/C22H24FN3O3/c1-25(22(28)29)18-12-17(13-18)24-21(27)26-11-10-14-4-2-3-5-19(14)20(26)15-6-8-16(23)9-7-15/h2-9,17-18,20H,10-13H2,1H3,(H,24,27)(H,28,29)/t17-,18-,20-/m0/s1. The fourth-order valence-electron chi connectivity index (χ4n) is 4.23. The van der Waals surface area contributed by atoms with Gasteiger partial charge in [0.1, 0.15) is 5.82 Å². The smallest absolute Gasteiger partial charge is 0.407 e. The number of nitrogens with one attached hydrogen (secondary N) is 1. The van der Waals surface area contributed by atoms with Gasteiger partial charge in [-0.05, 0) is 48.1 Å². The second kappa shape index (κ2) is 7.73. The average Bonchev–Trinajstić information content (AvgIpc) is 2.69. The van der Waals surface area contributed by atoms with E-state index in [9.17, 15) is 14.0 Å². The van der Waals surface area contributed by atoms with Crippen LogP contribution >= 0.6 is 0 Å². The molecule has 4 rings (SSSR count). The minimum Gasteiger partial charge on any atom is -0.465 e. The quantitative estimate of drug-likeness (QED) is 0.831. The monoisotopic (exact) mass is 397 g/mol. The van der Waals surface area contributed by atoms with E-state index in [2.05, 4.69) is 11.4 Å². The molecule has 29 heavy (non-hydrogen) atoms. The molecule has 2 N–H and O–H groups in total. The molecule has 3 amide bonds. The number of hydrogen-bond acceptors (Lipinski definition) is 2. The summed E-state index contributed by atoms with van der Waals surface area (Å²) in [7, 11) is 1.55. The topological polar surface area (TPSA) is 72.9 Å². The zero-order valence-electron chi connectivity index (χ0n) is 16.2. The van der Waals surface area contributed by atoms with Gasteiger partial charge in [0.15, 0.2) is 0 Å². The number of fused-ring (bicyclic) bond motifs is 1. The highest BCUT2D eigenvalue weighted by Gasteiger charge is 2.38. The summed E-state index contributed by atoms with van der Waals surface area (Å²) in [4.78, 5) is 27.2. The minimum absolute atomic E-state index is 0.0414. The zero-order valence-corrected chi connectivity index (χ0v) is 16.2. The zero-order chi connectivity index (χ0) is 20.5. The van der Waals surface area contributed by atoms with Crippen molar-refractivity contribution in [1.29, 1.82) is 0 Å². The van der Waals surface area contributed by atoms with Crippen molar-refractivity contribution < 1.29 is 19.1 Å². The van der Waals surface area contributed by atoms with Crippen LogP contribution in [0.5, 0.6) is 0 Å². The summed E-state index contributed by atoms with van der Waals surface area (Å²) >= 11 is 0. The Morgan fingerprint density at radius 3 is 2.52 bits per heavy atom. The number of urea groups is 1. The maximum Gasteiger partial charge on any atom is 0.407 e. The first-order valence-electron chi connectivity index (χ1n) is 9.80. The number of benzene rings is 2. The molecule has 2 aromatic rings. The van der Waals surface area contributed by atoms with Gasteiger partial charge in [0, 0.05) is 25.7 Å². The van der Waals surface area contributed by atoms with Crippen LogP contribution in [0.3, 0.4) is 0 Å². The van der Waals surface area contributed by atoms with Crippen molar-refractivity contribution in [2.24, 2.45) is 0 Å². The van der Waals surface area contributed by atoms with E-state index in [1.54, 1.807) is 24.1 Å². The highest BCUT2D eigenvalue weighted by Crippen LogP contribution is 2.35. The van der Waals surface area contributed by atoms with Crippen LogP contribution in [0.25, 0.3) is 0 Å². The van der Waals surface area contributed by atoms with Gasteiger partial charge in [-0.1, -0.05) is 36.4 Å². The third-order valence-electron chi connectivity index (χ3n) is 6.02. The summed E-state index contributed by atoms with van der Waals surface area (Å²) in [5.74, 6) is -0.308. The van der Waals surface area contributed by atoms with Crippen LogP contribution in [0.15, 0.2) is 48.5 Å². The van der Waals surface area contributed by atoms with Gasteiger partial charge >= 0.3 is 12.1 Å². The molecule has 7 heteroatoms. The minimum atomic E-state index is -0.955. The lowest BCUT2D eigenvalue weighted by Crippen LogP contribution is -2.57. The molecule has 6 nitrogen and oxygen atoms in total. The first-order valence-corrected chi connectivity index (χ1v) is 9.80. The third kappa shape index (κ3) is 3.77. The molecule has 0 unspecified atom stereocenters. The van der Waals surface area contributed by atoms with Crippen molar-refractivity contribution in [2.45, 2.75) is 37.4 Å². The molecule has 1 aliphatic heterocycles. The molecule has 1 aliphatic carbocycles. The number of rotatable bonds is 3. The van der Waals surface area contributed by atoms with Crippen molar-refractivity contribution in [2.75, 3.05) is 13.6 Å². The summed E-state index contributed by atoms with van der Waals surface area (Å²) in [6, 6.07) is 13.8. The predicted octanol–water partition coefficient (Wildman–Crippen LogP) is 3.62. The first kappa shape index (κ1) is 19.2. The molecule has 2 aliphatic rings. The first-order chi connectivity index (χ1) is 13.9. The van der Waals surface area contributed by atoms with E-state index in [0.717, 1.165) is 17.5 Å². The average molecular weight is 397 g/mol. The lowest BCUT2D eigenvalue weighted by molar-refractivity contribution is 0.0959. The van der Waals surface area contributed by atoms with Crippen LogP contribution in [-0.2, 0) is 6.42 Å². The normalized spacial score (nSPS) is 23.0. The van der Waals surface area contributed by atoms with Crippen molar-refractivity contribution in [1.82, 2.24) is 15.1 Å². The van der Waals surface area contributed by atoms with Crippen LogP contribution in [0.2, 0.25) is 0 Å². The Kier molecular flexibility index (Phi) is 5.13. The van der Waals surface area contributed by atoms with Crippen molar-refractivity contribution in [3.05, 3.63) is 71.0 Å². The Bertz CT molecular complexity index is 912. The van der Waals surface area contributed by atoms with E-state index in [1.165, 1.54) is 22.6 Å². The molecule has 0 aromatic heterocycles. The predicted molar refractivity (Wildman–Crippen MR) is 106 cm³/mol. The number of carbonyl (C=O) groups excluding carboxylic acids is 1. The Morgan fingerprint density at radius 1 is 1.14 bits per heavy atom. The van der Waals surface area contributed by atoms with Gasteiger partial charge in [-0.2, -0.15) is 0 Å². The Morgan fingerprint density at radius 2 is 1.83 bits per heavy atom. The summed E-state index contributed by atoms with van der Waals surface area (Å²) in [6.07, 6.45) is 1.03. The van der Waals surface area contributed by atoms with Crippen LogP contribution < -0.4 is 5.32 Å². The van der Waals surface area contributed by atoms with Crippen LogP contribution in [-0.4, -0.2) is 52.7 Å². The summed E-state index contributed by atoms with van der Waals surface area (Å²) in [6.45, 7) is 0.566. The fraction of sp³-hybridized carbons (Fsp3) is 0.364. The number of hydrogen-bond donors (Lipinski definition) is 2. The second-order valence-corrected chi connectivity index (χ2v) is 7.76.